The van der Waals surface area contributed by atoms with Crippen molar-refractivity contribution < 1.29 is 24.1 Å². The van der Waals surface area contributed by atoms with Gasteiger partial charge >= 0.3 is 0 Å². The molecule has 0 radical (unpaired) electrons. The average molecular weight is 380 g/mol. The van der Waals surface area contributed by atoms with Crippen LogP contribution in [0.3, 0.4) is 0 Å². The van der Waals surface area contributed by atoms with Crippen LogP contribution in [0.5, 0.6) is 11.5 Å². The number of methoxy groups -OCH3 is 2. The third-order valence-electron chi connectivity index (χ3n) is 4.67. The van der Waals surface area contributed by atoms with Gasteiger partial charge in [0.2, 0.25) is 5.91 Å². The SMILES string of the molecule is COc1ccc(COC[C@@H](O)CN2CCN(C(=O)C(C)C)CC2)cc1OC. The molecular weight excluding hydrogens is 348 g/mol. The van der Waals surface area contributed by atoms with Crippen molar-refractivity contribution in [2.24, 2.45) is 5.92 Å². The van der Waals surface area contributed by atoms with E-state index in [4.69, 9.17) is 14.2 Å². The number of aliphatic hydroxyl groups is 1. The minimum absolute atomic E-state index is 0.0344. The maximum atomic E-state index is 12.0. The van der Waals surface area contributed by atoms with Gasteiger partial charge in [-0.1, -0.05) is 19.9 Å². The van der Waals surface area contributed by atoms with E-state index in [2.05, 4.69) is 4.90 Å². The van der Waals surface area contributed by atoms with E-state index in [0.29, 0.717) is 24.7 Å². The van der Waals surface area contributed by atoms with Crippen molar-refractivity contribution in [3.05, 3.63) is 23.8 Å². The Labute approximate surface area is 161 Å². The van der Waals surface area contributed by atoms with E-state index in [1.807, 2.05) is 36.9 Å². The minimum Gasteiger partial charge on any atom is -0.493 e. The molecule has 0 bridgehead atoms. The van der Waals surface area contributed by atoms with Crippen LogP contribution in [0.15, 0.2) is 18.2 Å². The van der Waals surface area contributed by atoms with Gasteiger partial charge in [0.1, 0.15) is 0 Å². The van der Waals surface area contributed by atoms with Crippen LogP contribution in [-0.4, -0.2) is 80.5 Å². The van der Waals surface area contributed by atoms with Crippen LogP contribution in [0.2, 0.25) is 0 Å². The number of carbonyl (C=O) groups excluding carboxylic acids is 1. The molecule has 0 aliphatic carbocycles. The quantitative estimate of drug-likeness (QED) is 0.698. The van der Waals surface area contributed by atoms with Gasteiger partial charge in [-0.3, -0.25) is 9.69 Å². The zero-order chi connectivity index (χ0) is 19.8. The van der Waals surface area contributed by atoms with Crippen LogP contribution < -0.4 is 9.47 Å². The normalized spacial score (nSPS) is 16.4. The van der Waals surface area contributed by atoms with E-state index in [1.165, 1.54) is 0 Å². The van der Waals surface area contributed by atoms with E-state index in [0.717, 1.165) is 31.7 Å². The first-order valence-electron chi connectivity index (χ1n) is 9.42. The van der Waals surface area contributed by atoms with E-state index >= 15 is 0 Å². The summed E-state index contributed by atoms with van der Waals surface area (Å²) in [4.78, 5) is 16.1. The Kier molecular flexibility index (Phi) is 8.34. The van der Waals surface area contributed by atoms with E-state index in [-0.39, 0.29) is 18.4 Å². The molecule has 27 heavy (non-hydrogen) atoms. The highest BCUT2D eigenvalue weighted by atomic mass is 16.5. The fourth-order valence-electron chi connectivity index (χ4n) is 3.15. The van der Waals surface area contributed by atoms with E-state index < -0.39 is 6.10 Å². The number of β-amino-alcohol motifs (C(OH)–C–C–N with tert-alkyl or cyclic N) is 1. The van der Waals surface area contributed by atoms with Crippen LogP contribution in [0, 0.1) is 5.92 Å². The van der Waals surface area contributed by atoms with Crippen molar-refractivity contribution in [2.45, 2.75) is 26.6 Å². The molecule has 152 valence electrons. The maximum Gasteiger partial charge on any atom is 0.225 e. The van der Waals surface area contributed by atoms with Gasteiger partial charge in [-0.2, -0.15) is 0 Å². The molecule has 0 unspecified atom stereocenters. The second kappa shape index (κ2) is 10.5. The molecule has 1 aliphatic heterocycles. The summed E-state index contributed by atoms with van der Waals surface area (Å²) < 4.78 is 16.1. The summed E-state index contributed by atoms with van der Waals surface area (Å²) >= 11 is 0. The smallest absolute Gasteiger partial charge is 0.225 e. The lowest BCUT2D eigenvalue weighted by atomic mass is 10.1. The summed E-state index contributed by atoms with van der Waals surface area (Å²) in [5.41, 5.74) is 0.959. The number of piperazine rings is 1. The Hall–Kier alpha value is -1.83. The number of aliphatic hydroxyl groups excluding tert-OH is 1. The number of hydrogen-bond acceptors (Lipinski definition) is 6. The highest BCUT2D eigenvalue weighted by molar-refractivity contribution is 5.78. The lowest BCUT2D eigenvalue weighted by Crippen LogP contribution is -2.51. The molecule has 1 aromatic rings. The number of benzene rings is 1. The van der Waals surface area contributed by atoms with Crippen molar-refractivity contribution in [1.82, 2.24) is 9.80 Å². The molecule has 7 nitrogen and oxygen atoms in total. The van der Waals surface area contributed by atoms with Crippen molar-refractivity contribution in [3.8, 4) is 11.5 Å². The number of rotatable bonds is 9. The first-order valence-corrected chi connectivity index (χ1v) is 9.42. The highest BCUT2D eigenvalue weighted by Gasteiger charge is 2.23. The monoisotopic (exact) mass is 380 g/mol. The van der Waals surface area contributed by atoms with Crippen molar-refractivity contribution in [2.75, 3.05) is 53.6 Å². The van der Waals surface area contributed by atoms with E-state index in [9.17, 15) is 9.90 Å². The number of amides is 1. The maximum absolute atomic E-state index is 12.0. The third kappa shape index (κ3) is 6.37. The Morgan fingerprint density at radius 2 is 1.78 bits per heavy atom. The molecule has 2 rings (SSSR count). The Morgan fingerprint density at radius 3 is 2.37 bits per heavy atom. The molecule has 1 N–H and O–H groups in total. The van der Waals surface area contributed by atoms with Crippen molar-refractivity contribution >= 4 is 5.91 Å². The fourth-order valence-corrected chi connectivity index (χ4v) is 3.15. The van der Waals surface area contributed by atoms with Gasteiger partial charge in [-0.25, -0.2) is 0 Å². The first kappa shape index (κ1) is 21.5. The van der Waals surface area contributed by atoms with Gasteiger partial charge < -0.3 is 24.2 Å². The molecule has 0 spiro atoms. The standard InChI is InChI=1S/C20H32N2O5/c1-15(2)20(24)22-9-7-21(8-10-22)12-17(23)14-27-13-16-5-6-18(25-3)19(11-16)26-4/h5-6,11,15,17,23H,7-10,12-14H2,1-4H3/t17-/m0/s1. The number of ether oxygens (including phenoxy) is 3. The fraction of sp³-hybridized carbons (Fsp3) is 0.650. The minimum atomic E-state index is -0.558. The van der Waals surface area contributed by atoms with Crippen LogP contribution in [-0.2, 0) is 16.1 Å². The number of carbonyl (C=O) groups is 1. The molecule has 1 atom stereocenters. The predicted octanol–water partition coefficient (Wildman–Crippen LogP) is 1.38. The molecule has 1 aliphatic rings. The largest absolute Gasteiger partial charge is 0.493 e. The number of nitrogens with zero attached hydrogens (tertiary/aromatic N) is 2. The molecule has 1 amide bonds. The summed E-state index contributed by atoms with van der Waals surface area (Å²) in [5.74, 6) is 1.57. The zero-order valence-electron chi connectivity index (χ0n) is 16.8. The molecule has 7 heteroatoms. The molecule has 1 saturated heterocycles. The van der Waals surface area contributed by atoms with Crippen LogP contribution in [0.1, 0.15) is 19.4 Å². The average Bonchev–Trinajstić information content (AvgIpc) is 2.67. The molecule has 1 fully saturated rings. The summed E-state index contributed by atoms with van der Waals surface area (Å²) in [5, 5.41) is 10.2. The lowest BCUT2D eigenvalue weighted by molar-refractivity contribution is -0.136. The molecule has 1 heterocycles. The van der Waals surface area contributed by atoms with Gasteiger partial charge in [0, 0.05) is 38.6 Å². The second-order valence-electron chi connectivity index (χ2n) is 7.14. The number of hydrogen-bond donors (Lipinski definition) is 1. The predicted molar refractivity (Wildman–Crippen MR) is 103 cm³/mol. The van der Waals surface area contributed by atoms with Crippen LogP contribution in [0.4, 0.5) is 0 Å². The Morgan fingerprint density at radius 1 is 1.11 bits per heavy atom. The molecule has 0 aromatic heterocycles. The summed E-state index contributed by atoms with van der Waals surface area (Å²) in [7, 11) is 3.20. The topological polar surface area (TPSA) is 71.5 Å². The summed E-state index contributed by atoms with van der Waals surface area (Å²) in [6, 6.07) is 5.63. The van der Waals surface area contributed by atoms with E-state index in [1.54, 1.807) is 14.2 Å². The molecule has 1 aromatic carbocycles. The lowest BCUT2D eigenvalue weighted by Gasteiger charge is -2.36. The van der Waals surface area contributed by atoms with Crippen molar-refractivity contribution in [3.63, 3.8) is 0 Å². The third-order valence-corrected chi connectivity index (χ3v) is 4.67. The van der Waals surface area contributed by atoms with Crippen LogP contribution in [0.25, 0.3) is 0 Å². The van der Waals surface area contributed by atoms with Crippen LogP contribution >= 0.6 is 0 Å². The van der Waals surface area contributed by atoms with Gasteiger partial charge in [0.05, 0.1) is 33.5 Å². The first-order chi connectivity index (χ1) is 12.9. The van der Waals surface area contributed by atoms with Gasteiger partial charge in [0.15, 0.2) is 11.5 Å². The van der Waals surface area contributed by atoms with Gasteiger partial charge in [-0.15, -0.1) is 0 Å². The van der Waals surface area contributed by atoms with Gasteiger partial charge in [0.25, 0.3) is 0 Å². The second-order valence-corrected chi connectivity index (χ2v) is 7.14. The molecular formula is C20H32N2O5. The summed E-state index contributed by atoms with van der Waals surface area (Å²) in [6.45, 7) is 8.06. The molecule has 0 saturated carbocycles. The van der Waals surface area contributed by atoms with Crippen molar-refractivity contribution in [1.29, 1.82) is 0 Å². The van der Waals surface area contributed by atoms with Gasteiger partial charge in [-0.05, 0) is 17.7 Å². The Balaban J connectivity index is 1.70. The highest BCUT2D eigenvalue weighted by Crippen LogP contribution is 2.27. The zero-order valence-corrected chi connectivity index (χ0v) is 16.8. The Bertz CT molecular complexity index is 600. The summed E-state index contributed by atoms with van der Waals surface area (Å²) in [6.07, 6.45) is -0.558.